The van der Waals surface area contributed by atoms with E-state index in [4.69, 9.17) is 0 Å². The molecular formula is C9H18O. The van der Waals surface area contributed by atoms with Gasteiger partial charge in [-0.1, -0.05) is 26.8 Å². The van der Waals surface area contributed by atoms with Gasteiger partial charge in [0.25, 0.3) is 0 Å². The second kappa shape index (κ2) is 8.41. The van der Waals surface area contributed by atoms with Gasteiger partial charge in [0, 0.05) is 0 Å². The van der Waals surface area contributed by atoms with E-state index in [2.05, 4.69) is 0 Å². The number of ketones is 1. The summed E-state index contributed by atoms with van der Waals surface area (Å²) >= 11 is 0. The van der Waals surface area contributed by atoms with Crippen LogP contribution >= 0.6 is 0 Å². The largest absolute Gasteiger partial charge is 0.295 e. The quantitative estimate of drug-likeness (QED) is 0.542. The summed E-state index contributed by atoms with van der Waals surface area (Å²) in [5.41, 5.74) is 0.868. The molecule has 0 atom stereocenters. The van der Waals surface area contributed by atoms with Crippen molar-refractivity contribution in [3.05, 3.63) is 11.6 Å². The second-order valence-electron chi connectivity index (χ2n) is 1.85. The molecule has 0 aromatic heterocycles. The molecule has 0 saturated carbocycles. The molecule has 0 spiro atoms. The van der Waals surface area contributed by atoms with Crippen molar-refractivity contribution in [1.82, 2.24) is 0 Å². The molecule has 0 bridgehead atoms. The summed E-state index contributed by atoms with van der Waals surface area (Å²) in [4.78, 5) is 10.5. The van der Waals surface area contributed by atoms with Crippen LogP contribution in [0.15, 0.2) is 11.6 Å². The molecular weight excluding hydrogens is 124 g/mol. The van der Waals surface area contributed by atoms with Crippen molar-refractivity contribution in [2.24, 2.45) is 0 Å². The maximum atomic E-state index is 10.5. The summed E-state index contributed by atoms with van der Waals surface area (Å²) in [5.74, 6) is 0.173. The van der Waals surface area contributed by atoms with Crippen LogP contribution in [0.2, 0.25) is 0 Å². The highest BCUT2D eigenvalue weighted by atomic mass is 16.1. The molecule has 0 aliphatic heterocycles. The highest BCUT2D eigenvalue weighted by Crippen LogP contribution is 1.94. The normalized spacial score (nSPS) is 9.90. The van der Waals surface area contributed by atoms with Crippen molar-refractivity contribution in [1.29, 1.82) is 0 Å². The van der Waals surface area contributed by atoms with Gasteiger partial charge in [-0.3, -0.25) is 4.79 Å². The molecule has 1 heteroatoms. The predicted molar refractivity (Wildman–Crippen MR) is 46.1 cm³/mol. The van der Waals surface area contributed by atoms with E-state index in [1.54, 1.807) is 6.92 Å². The molecule has 0 heterocycles. The highest BCUT2D eigenvalue weighted by Gasteiger charge is 1.90. The lowest BCUT2D eigenvalue weighted by Crippen LogP contribution is -1.89. The predicted octanol–water partition coefficient (Wildman–Crippen LogP) is 2.96. The third-order valence-corrected chi connectivity index (χ3v) is 1.07. The van der Waals surface area contributed by atoms with E-state index in [1.165, 1.54) is 0 Å². The van der Waals surface area contributed by atoms with Gasteiger partial charge in [0.05, 0.1) is 0 Å². The lowest BCUT2D eigenvalue weighted by molar-refractivity contribution is -0.113. The Bertz CT molecular complexity index is 112. The summed E-state index contributed by atoms with van der Waals surface area (Å²) in [6.07, 6.45) is 2.88. The third-order valence-electron chi connectivity index (χ3n) is 1.07. The van der Waals surface area contributed by atoms with Crippen molar-refractivity contribution < 1.29 is 4.79 Å². The van der Waals surface area contributed by atoms with E-state index >= 15 is 0 Å². The topological polar surface area (TPSA) is 17.1 Å². The molecule has 0 saturated heterocycles. The van der Waals surface area contributed by atoms with E-state index in [1.807, 2.05) is 33.8 Å². The Morgan fingerprint density at radius 1 is 1.30 bits per heavy atom. The van der Waals surface area contributed by atoms with Gasteiger partial charge in [0.15, 0.2) is 5.78 Å². The zero-order chi connectivity index (χ0) is 8.57. The van der Waals surface area contributed by atoms with Crippen LogP contribution in [0.25, 0.3) is 0 Å². The lowest BCUT2D eigenvalue weighted by atomic mass is 10.2. The summed E-state index contributed by atoms with van der Waals surface area (Å²) < 4.78 is 0. The minimum atomic E-state index is 0.173. The first kappa shape index (κ1) is 12.1. The first-order valence-corrected chi connectivity index (χ1v) is 3.86. The van der Waals surface area contributed by atoms with Gasteiger partial charge in [0.1, 0.15) is 0 Å². The van der Waals surface area contributed by atoms with Crippen molar-refractivity contribution in [2.75, 3.05) is 0 Å². The van der Waals surface area contributed by atoms with Crippen LogP contribution in [-0.2, 0) is 4.79 Å². The number of carbonyl (C=O) groups excluding carboxylic acids is 1. The smallest absolute Gasteiger partial charge is 0.155 e. The fourth-order valence-electron chi connectivity index (χ4n) is 0.450. The van der Waals surface area contributed by atoms with Gasteiger partial charge < -0.3 is 0 Å². The van der Waals surface area contributed by atoms with E-state index in [-0.39, 0.29) is 5.78 Å². The molecule has 0 N–H and O–H groups in total. The standard InChI is InChI=1S/C7H12O.C2H6/c1-4-5-6(2)7(3)8;1-2/h5H,4H2,1-3H3;1-2H3/b6-5+;. The van der Waals surface area contributed by atoms with Crippen LogP contribution < -0.4 is 0 Å². The summed E-state index contributed by atoms with van der Waals surface area (Å²) in [6.45, 7) is 9.44. The van der Waals surface area contributed by atoms with Gasteiger partial charge in [0.2, 0.25) is 0 Å². The highest BCUT2D eigenvalue weighted by molar-refractivity contribution is 5.92. The molecule has 0 radical (unpaired) electrons. The summed E-state index contributed by atoms with van der Waals surface area (Å²) in [5, 5.41) is 0. The van der Waals surface area contributed by atoms with E-state index in [9.17, 15) is 4.79 Å². The fraction of sp³-hybridized carbons (Fsp3) is 0.667. The van der Waals surface area contributed by atoms with Crippen LogP contribution in [0.1, 0.15) is 41.0 Å². The zero-order valence-electron chi connectivity index (χ0n) is 7.69. The number of hydrogen-bond acceptors (Lipinski definition) is 1. The van der Waals surface area contributed by atoms with Gasteiger partial charge in [-0.25, -0.2) is 0 Å². The van der Waals surface area contributed by atoms with Crippen LogP contribution in [0, 0.1) is 0 Å². The molecule has 0 aromatic carbocycles. The summed E-state index contributed by atoms with van der Waals surface area (Å²) in [6, 6.07) is 0. The van der Waals surface area contributed by atoms with Gasteiger partial charge in [-0.2, -0.15) is 0 Å². The minimum Gasteiger partial charge on any atom is -0.295 e. The van der Waals surface area contributed by atoms with Crippen LogP contribution in [0.3, 0.4) is 0 Å². The van der Waals surface area contributed by atoms with Crippen molar-refractivity contribution in [3.8, 4) is 0 Å². The molecule has 60 valence electrons. The van der Waals surface area contributed by atoms with E-state index in [0.29, 0.717) is 0 Å². The Morgan fingerprint density at radius 2 is 1.70 bits per heavy atom. The van der Waals surface area contributed by atoms with E-state index < -0.39 is 0 Å². The molecule has 0 aliphatic rings. The average Bonchev–Trinajstić information content (AvgIpc) is 1.93. The monoisotopic (exact) mass is 142 g/mol. The van der Waals surface area contributed by atoms with Gasteiger partial charge in [-0.15, -0.1) is 0 Å². The fourth-order valence-corrected chi connectivity index (χ4v) is 0.450. The Balaban J connectivity index is 0. The molecule has 0 amide bonds. The number of hydrogen-bond donors (Lipinski definition) is 0. The molecule has 0 aliphatic carbocycles. The molecule has 10 heavy (non-hydrogen) atoms. The lowest BCUT2D eigenvalue weighted by Gasteiger charge is -1.88. The second-order valence-corrected chi connectivity index (χ2v) is 1.85. The molecule has 0 fully saturated rings. The first-order chi connectivity index (χ1) is 4.68. The maximum Gasteiger partial charge on any atom is 0.155 e. The van der Waals surface area contributed by atoms with E-state index in [0.717, 1.165) is 12.0 Å². The minimum absolute atomic E-state index is 0.173. The Morgan fingerprint density at radius 3 is 1.80 bits per heavy atom. The van der Waals surface area contributed by atoms with Gasteiger partial charge >= 0.3 is 0 Å². The Labute approximate surface area is 64.1 Å². The average molecular weight is 142 g/mol. The van der Waals surface area contributed by atoms with Crippen molar-refractivity contribution in [3.63, 3.8) is 0 Å². The van der Waals surface area contributed by atoms with Crippen LogP contribution in [0.5, 0.6) is 0 Å². The molecule has 0 unspecified atom stereocenters. The number of rotatable bonds is 2. The first-order valence-electron chi connectivity index (χ1n) is 3.86. The van der Waals surface area contributed by atoms with Crippen LogP contribution in [0.4, 0.5) is 0 Å². The molecule has 0 aromatic rings. The molecule has 1 nitrogen and oxygen atoms in total. The van der Waals surface area contributed by atoms with Crippen LogP contribution in [-0.4, -0.2) is 5.78 Å². The van der Waals surface area contributed by atoms with Gasteiger partial charge in [-0.05, 0) is 25.8 Å². The summed E-state index contributed by atoms with van der Waals surface area (Å²) in [7, 11) is 0. The number of Topliss-reactive ketones (excluding diaryl/α,β-unsaturated/α-hetero) is 1. The number of carbonyl (C=O) groups is 1. The number of allylic oxidation sites excluding steroid dienone is 2. The Kier molecular flexibility index (Phi) is 10.2. The maximum absolute atomic E-state index is 10.5. The zero-order valence-corrected chi connectivity index (χ0v) is 7.69. The SMILES string of the molecule is CC.CC/C=C(\C)C(C)=O. The third kappa shape index (κ3) is 7.41. The Hall–Kier alpha value is -0.590. The molecule has 0 rings (SSSR count). The van der Waals surface area contributed by atoms with Crippen molar-refractivity contribution >= 4 is 5.78 Å². The van der Waals surface area contributed by atoms with Crippen molar-refractivity contribution in [2.45, 2.75) is 41.0 Å².